The summed E-state index contributed by atoms with van der Waals surface area (Å²) in [5.41, 5.74) is 2.93. The second-order valence-electron chi connectivity index (χ2n) is 7.16. The van der Waals surface area contributed by atoms with Gasteiger partial charge in [-0.2, -0.15) is 0 Å². The van der Waals surface area contributed by atoms with Crippen molar-refractivity contribution >= 4 is 17.3 Å². The Morgan fingerprint density at radius 1 is 1.03 bits per heavy atom. The van der Waals surface area contributed by atoms with E-state index in [1.165, 1.54) is 0 Å². The van der Waals surface area contributed by atoms with Crippen LogP contribution in [-0.2, 0) is 11.2 Å². The number of hydrogen-bond donors (Lipinski definition) is 1. The summed E-state index contributed by atoms with van der Waals surface area (Å²) in [6.07, 6.45) is 0.963. The van der Waals surface area contributed by atoms with Gasteiger partial charge in [-0.05, 0) is 48.9 Å². The lowest BCUT2D eigenvalue weighted by Crippen LogP contribution is -2.46. The maximum Gasteiger partial charge on any atom is 0.224 e. The molecule has 1 amide bonds. The molecule has 1 aliphatic rings. The quantitative estimate of drug-likeness (QED) is 0.740. The van der Waals surface area contributed by atoms with E-state index in [0.29, 0.717) is 12.8 Å². The molecular weight excluding hydrogens is 366 g/mol. The Morgan fingerprint density at radius 3 is 2.48 bits per heavy atom. The largest absolute Gasteiger partial charge is 0.497 e. The minimum atomic E-state index is -0.00508. The average molecular weight is 398 g/mol. The molecule has 1 fully saturated rings. The van der Waals surface area contributed by atoms with Gasteiger partial charge in [-0.25, -0.2) is 0 Å². The number of likely N-dealkylation sites (N-methyl/N-ethyl adjacent to an activating group) is 1. The molecule has 0 atom stereocenters. The molecule has 0 aliphatic carbocycles. The van der Waals surface area contributed by atoms with Gasteiger partial charge < -0.3 is 24.6 Å². The summed E-state index contributed by atoms with van der Waals surface area (Å²) < 4.78 is 10.7. The fourth-order valence-corrected chi connectivity index (χ4v) is 3.70. The lowest BCUT2D eigenvalue weighted by atomic mass is 10.1. The number of nitrogens with zero attached hydrogens (tertiary/aromatic N) is 2. The summed E-state index contributed by atoms with van der Waals surface area (Å²) in [6.45, 7) is 7.33. The van der Waals surface area contributed by atoms with Gasteiger partial charge >= 0.3 is 0 Å². The van der Waals surface area contributed by atoms with E-state index >= 15 is 0 Å². The monoisotopic (exact) mass is 397 g/mol. The number of methoxy groups -OCH3 is 2. The minimum absolute atomic E-state index is 0.00508. The normalized spacial score (nSPS) is 14.5. The van der Waals surface area contributed by atoms with Crippen LogP contribution in [0, 0.1) is 0 Å². The molecular formula is C23H31N3O3. The van der Waals surface area contributed by atoms with E-state index < -0.39 is 0 Å². The Labute approximate surface area is 173 Å². The highest BCUT2D eigenvalue weighted by molar-refractivity contribution is 5.94. The van der Waals surface area contributed by atoms with Gasteiger partial charge in [0.25, 0.3) is 0 Å². The number of piperazine rings is 1. The third kappa shape index (κ3) is 5.41. The lowest BCUT2D eigenvalue weighted by molar-refractivity contribution is -0.116. The third-order valence-electron chi connectivity index (χ3n) is 5.45. The highest BCUT2D eigenvalue weighted by atomic mass is 16.5. The standard InChI is InChI=1S/C23H31N3O3/c1-4-25-13-15-26(16-14-25)21-8-6-5-7-20(21)24-23(27)12-9-18-17-19(28-2)10-11-22(18)29-3/h5-8,10-11,17H,4,9,12-16H2,1-3H3,(H,24,27). The van der Waals surface area contributed by atoms with Crippen LogP contribution in [0.5, 0.6) is 11.5 Å². The Balaban J connectivity index is 1.63. The number of carbonyl (C=O) groups is 1. The number of anilines is 2. The molecule has 0 aromatic heterocycles. The van der Waals surface area contributed by atoms with Crippen LogP contribution < -0.4 is 19.7 Å². The summed E-state index contributed by atoms with van der Waals surface area (Å²) in [5, 5.41) is 3.10. The maximum absolute atomic E-state index is 12.7. The number of para-hydroxylation sites is 2. The molecule has 0 spiro atoms. The SMILES string of the molecule is CCN1CCN(c2ccccc2NC(=O)CCc2cc(OC)ccc2OC)CC1. The van der Waals surface area contributed by atoms with Crippen LogP contribution in [0.4, 0.5) is 11.4 Å². The van der Waals surface area contributed by atoms with E-state index in [1.54, 1.807) is 14.2 Å². The van der Waals surface area contributed by atoms with Crippen molar-refractivity contribution in [3.63, 3.8) is 0 Å². The highest BCUT2D eigenvalue weighted by Gasteiger charge is 2.19. The van der Waals surface area contributed by atoms with Crippen LogP contribution in [0.1, 0.15) is 18.9 Å². The molecule has 3 rings (SSSR count). The maximum atomic E-state index is 12.7. The Bertz CT molecular complexity index is 817. The summed E-state index contributed by atoms with van der Waals surface area (Å²) in [5.74, 6) is 1.53. The van der Waals surface area contributed by atoms with Crippen LogP contribution in [0.2, 0.25) is 0 Å². The minimum Gasteiger partial charge on any atom is -0.497 e. The molecule has 6 nitrogen and oxygen atoms in total. The zero-order valence-corrected chi connectivity index (χ0v) is 17.6. The zero-order chi connectivity index (χ0) is 20.6. The van der Waals surface area contributed by atoms with Crippen molar-refractivity contribution in [1.29, 1.82) is 0 Å². The molecule has 0 radical (unpaired) electrons. The molecule has 29 heavy (non-hydrogen) atoms. The first-order valence-electron chi connectivity index (χ1n) is 10.2. The van der Waals surface area contributed by atoms with Gasteiger partial charge in [-0.1, -0.05) is 19.1 Å². The molecule has 0 unspecified atom stereocenters. The summed E-state index contributed by atoms with van der Waals surface area (Å²) in [6, 6.07) is 13.7. The van der Waals surface area contributed by atoms with Crippen molar-refractivity contribution in [2.45, 2.75) is 19.8 Å². The van der Waals surface area contributed by atoms with E-state index in [0.717, 1.165) is 61.2 Å². The summed E-state index contributed by atoms with van der Waals surface area (Å²) >= 11 is 0. The van der Waals surface area contributed by atoms with Crippen LogP contribution >= 0.6 is 0 Å². The first-order valence-corrected chi connectivity index (χ1v) is 10.2. The number of amides is 1. The van der Waals surface area contributed by atoms with Crippen LogP contribution in [-0.4, -0.2) is 57.8 Å². The van der Waals surface area contributed by atoms with Crippen molar-refractivity contribution in [3.05, 3.63) is 48.0 Å². The molecule has 0 bridgehead atoms. The number of carbonyl (C=O) groups excluding carboxylic acids is 1. The molecule has 2 aromatic carbocycles. The Morgan fingerprint density at radius 2 is 1.79 bits per heavy atom. The van der Waals surface area contributed by atoms with Gasteiger partial charge in [0, 0.05) is 32.6 Å². The second kappa shape index (κ2) is 10.2. The van der Waals surface area contributed by atoms with Crippen LogP contribution in [0.15, 0.2) is 42.5 Å². The molecule has 2 aromatic rings. The van der Waals surface area contributed by atoms with Crippen molar-refractivity contribution < 1.29 is 14.3 Å². The van der Waals surface area contributed by atoms with Gasteiger partial charge in [0.2, 0.25) is 5.91 Å². The second-order valence-corrected chi connectivity index (χ2v) is 7.16. The predicted molar refractivity (Wildman–Crippen MR) is 117 cm³/mol. The summed E-state index contributed by atoms with van der Waals surface area (Å²) in [7, 11) is 3.27. The van der Waals surface area contributed by atoms with E-state index in [1.807, 2.05) is 36.4 Å². The molecule has 156 valence electrons. The van der Waals surface area contributed by atoms with E-state index in [4.69, 9.17) is 9.47 Å². The van der Waals surface area contributed by atoms with Crippen molar-refractivity contribution in [2.24, 2.45) is 0 Å². The molecule has 0 saturated carbocycles. The molecule has 1 N–H and O–H groups in total. The first kappa shape index (κ1) is 21.0. The molecule has 1 heterocycles. The number of hydrogen-bond acceptors (Lipinski definition) is 5. The van der Waals surface area contributed by atoms with Crippen molar-refractivity contribution in [2.75, 3.05) is 57.2 Å². The first-order chi connectivity index (χ1) is 14.1. The van der Waals surface area contributed by atoms with Gasteiger partial charge in [0.15, 0.2) is 0 Å². The zero-order valence-electron chi connectivity index (χ0n) is 17.6. The summed E-state index contributed by atoms with van der Waals surface area (Å²) in [4.78, 5) is 17.5. The van der Waals surface area contributed by atoms with E-state index in [9.17, 15) is 4.79 Å². The fourth-order valence-electron chi connectivity index (χ4n) is 3.70. The molecule has 6 heteroatoms. The number of rotatable bonds is 8. The van der Waals surface area contributed by atoms with Crippen LogP contribution in [0.3, 0.4) is 0 Å². The lowest BCUT2D eigenvalue weighted by Gasteiger charge is -2.36. The predicted octanol–water partition coefficient (Wildman–Crippen LogP) is 3.42. The fraction of sp³-hybridized carbons (Fsp3) is 0.435. The van der Waals surface area contributed by atoms with E-state index in [2.05, 4.69) is 28.1 Å². The number of ether oxygens (including phenoxy) is 2. The smallest absolute Gasteiger partial charge is 0.224 e. The Hall–Kier alpha value is -2.73. The topological polar surface area (TPSA) is 54.0 Å². The van der Waals surface area contributed by atoms with Gasteiger partial charge in [-0.3, -0.25) is 4.79 Å². The molecule has 1 aliphatic heterocycles. The number of nitrogens with one attached hydrogen (secondary N) is 1. The van der Waals surface area contributed by atoms with E-state index in [-0.39, 0.29) is 5.91 Å². The van der Waals surface area contributed by atoms with Crippen molar-refractivity contribution in [3.8, 4) is 11.5 Å². The Kier molecular flexibility index (Phi) is 7.36. The average Bonchev–Trinajstić information content (AvgIpc) is 2.78. The number of benzene rings is 2. The van der Waals surface area contributed by atoms with Crippen LogP contribution in [0.25, 0.3) is 0 Å². The molecule has 1 saturated heterocycles. The highest BCUT2D eigenvalue weighted by Crippen LogP contribution is 2.28. The van der Waals surface area contributed by atoms with Gasteiger partial charge in [0.05, 0.1) is 25.6 Å². The third-order valence-corrected chi connectivity index (χ3v) is 5.45. The van der Waals surface area contributed by atoms with Gasteiger partial charge in [0.1, 0.15) is 11.5 Å². The van der Waals surface area contributed by atoms with Crippen molar-refractivity contribution in [1.82, 2.24) is 4.90 Å². The number of aryl methyl sites for hydroxylation is 1. The van der Waals surface area contributed by atoms with Gasteiger partial charge in [-0.15, -0.1) is 0 Å².